The number of aryl methyl sites for hydroxylation is 8. The third kappa shape index (κ3) is 8.44. The molecule has 12 aromatic carbocycles. The van der Waals surface area contributed by atoms with Gasteiger partial charge in [0.25, 0.3) is 6.71 Å². The van der Waals surface area contributed by atoms with Crippen LogP contribution in [0.1, 0.15) is 44.5 Å². The van der Waals surface area contributed by atoms with Crippen LogP contribution in [0, 0.1) is 67.0 Å². The molecule has 4 aliphatic heterocycles. The minimum atomic E-state index is -0.652. The predicted octanol–water partition coefficient (Wildman–Crippen LogP) is 18.2. The number of rotatable bonds is 9. The fourth-order valence-corrected chi connectivity index (χ4v) is 16.6. The average Bonchev–Trinajstić information content (AvgIpc) is 0.691. The van der Waals surface area contributed by atoms with Gasteiger partial charge in [-0.1, -0.05) is 175 Å². The Morgan fingerprint density at radius 2 is 0.667 bits per heavy atom. The normalized spacial score (nSPS) is 13.1. The summed E-state index contributed by atoms with van der Waals surface area (Å²) in [5, 5.41) is 0. The van der Waals surface area contributed by atoms with E-state index in [2.05, 4.69) is 287 Å². The molecule has 16 rings (SSSR count). The molecule has 434 valence electrons. The summed E-state index contributed by atoms with van der Waals surface area (Å²) in [4.78, 5) is 13.8. The van der Waals surface area contributed by atoms with E-state index in [-0.39, 0.29) is 19.1 Å². The Bertz CT molecular complexity index is 4860. The van der Waals surface area contributed by atoms with E-state index in [1.54, 1.807) is 11.8 Å². The first-order chi connectivity index (χ1) is 43.8. The lowest BCUT2D eigenvalue weighted by Crippen LogP contribution is -2.64. The van der Waals surface area contributed by atoms with E-state index in [0.29, 0.717) is 5.69 Å². The van der Waals surface area contributed by atoms with E-state index >= 15 is 8.78 Å². The maximum atomic E-state index is 17.7. The maximum Gasteiger partial charge on any atom is 0.252 e. The van der Waals surface area contributed by atoms with Crippen LogP contribution in [0.4, 0.5) is 94.1 Å². The summed E-state index contributed by atoms with van der Waals surface area (Å²) in [5.41, 5.74) is 29.5. The second kappa shape index (κ2) is 21.4. The summed E-state index contributed by atoms with van der Waals surface area (Å²) >= 11 is 1.75. The van der Waals surface area contributed by atoms with Gasteiger partial charge in [0.2, 0.25) is 6.71 Å². The van der Waals surface area contributed by atoms with Gasteiger partial charge in [0.05, 0.1) is 28.4 Å². The summed E-state index contributed by atoms with van der Waals surface area (Å²) < 4.78 is 35.5. The smallest absolute Gasteiger partial charge is 0.252 e. The minimum absolute atomic E-state index is 0.127. The van der Waals surface area contributed by atoms with E-state index in [0.717, 1.165) is 128 Å². The van der Waals surface area contributed by atoms with E-state index in [1.165, 1.54) is 51.4 Å². The average molecular weight is 1190 g/mol. The van der Waals surface area contributed by atoms with Crippen molar-refractivity contribution < 1.29 is 8.78 Å². The molecule has 4 aliphatic rings. The maximum absolute atomic E-state index is 17.7. The number of hydrogen-bond donors (Lipinski definition) is 0. The first-order valence-corrected chi connectivity index (χ1v) is 31.8. The minimum Gasteiger partial charge on any atom is -0.311 e. The van der Waals surface area contributed by atoms with Crippen molar-refractivity contribution in [1.29, 1.82) is 0 Å². The van der Waals surface area contributed by atoms with Crippen LogP contribution in [0.5, 0.6) is 0 Å². The molecule has 0 radical (unpaired) electrons. The molecule has 0 aliphatic carbocycles. The molecule has 0 saturated heterocycles. The summed E-state index contributed by atoms with van der Waals surface area (Å²) in [5.74, 6) is -1.30. The Morgan fingerprint density at radius 1 is 0.289 bits per heavy atom. The van der Waals surface area contributed by atoms with Crippen LogP contribution in [0.25, 0.3) is 0 Å². The SMILES string of the molecule is Cc1cccc(C)c1N(c1ccccc1)c1cc2c3c(c1)N(c1c(C)cccc1C)c1ccccc1B3c1cc3c(cc1S2)N(c1c(F)cccc1F)c1cc(N(c2ccccc2)c2c(C)cccc2C)cc2c1B3c1ccccc1N2c1c(C)cccc1C. The fraction of sp³-hybridized carbons (Fsp3) is 0.100. The van der Waals surface area contributed by atoms with E-state index < -0.39 is 11.6 Å². The fourth-order valence-electron chi connectivity index (χ4n) is 15.4. The van der Waals surface area contributed by atoms with Crippen molar-refractivity contribution in [3.05, 3.63) is 293 Å². The van der Waals surface area contributed by atoms with Crippen LogP contribution in [0.3, 0.4) is 0 Å². The highest BCUT2D eigenvalue weighted by atomic mass is 32.2. The number of hydrogen-bond acceptors (Lipinski definition) is 6. The van der Waals surface area contributed by atoms with Gasteiger partial charge in [-0.25, -0.2) is 8.78 Å². The van der Waals surface area contributed by atoms with Gasteiger partial charge in [-0.05, 0) is 206 Å². The predicted molar refractivity (Wildman–Crippen MR) is 378 cm³/mol. The highest BCUT2D eigenvalue weighted by Gasteiger charge is 2.49. The van der Waals surface area contributed by atoms with E-state index in [9.17, 15) is 0 Å². The standard InChI is InChI=1S/C80H63B2F2N5S/c1-48-24-19-25-49(2)76(48)85(56-32-11-9-12-33-56)58-42-69-74-70(43-58)89(80-64(83)38-23-39-65(80)84)68-47-72-63(46-62(68)81(74)60-36-15-17-40-66(60)87(69)78-52(5)28-21-29-53(78)6)82-61-37-16-18-41-67(61)88(79-54(7)30-22-31-55(79)8)71-44-59(45-73(90-72)75(71)82)86(57-34-13-10-14-35-57)77-50(3)26-20-27-51(77)4/h9-47H,1-8H3. The molecule has 90 heavy (non-hydrogen) atoms. The molecule has 0 fully saturated rings. The van der Waals surface area contributed by atoms with Crippen LogP contribution in [0.15, 0.2) is 246 Å². The number of nitrogens with zero attached hydrogens (tertiary/aromatic N) is 5. The lowest BCUT2D eigenvalue weighted by Gasteiger charge is -2.46. The van der Waals surface area contributed by atoms with Gasteiger partial charge in [0, 0.05) is 61.0 Å². The first kappa shape index (κ1) is 55.3. The molecular formula is C80H63B2F2N5S. The quantitative estimate of drug-likeness (QED) is 0.133. The molecule has 0 spiro atoms. The van der Waals surface area contributed by atoms with Crippen molar-refractivity contribution in [3.63, 3.8) is 0 Å². The van der Waals surface area contributed by atoms with Gasteiger partial charge >= 0.3 is 0 Å². The molecule has 4 heterocycles. The number of halogens is 2. The number of para-hydroxylation sites is 9. The van der Waals surface area contributed by atoms with Crippen molar-refractivity contribution in [3.8, 4) is 0 Å². The molecule has 0 bridgehead atoms. The summed E-state index contributed by atoms with van der Waals surface area (Å²) in [6, 6.07) is 83.3. The van der Waals surface area contributed by atoms with Crippen molar-refractivity contribution >= 4 is 143 Å². The molecule has 0 unspecified atom stereocenters. The Balaban J connectivity index is 1.02. The van der Waals surface area contributed by atoms with Gasteiger partial charge in [-0.15, -0.1) is 0 Å². The van der Waals surface area contributed by atoms with Crippen LogP contribution < -0.4 is 57.3 Å². The third-order valence-corrected chi connectivity index (χ3v) is 20.2. The highest BCUT2D eigenvalue weighted by Crippen LogP contribution is 2.53. The molecular weight excluding hydrogens is 1120 g/mol. The zero-order valence-electron chi connectivity index (χ0n) is 51.6. The molecule has 5 nitrogen and oxygen atoms in total. The monoisotopic (exact) mass is 1190 g/mol. The number of anilines is 15. The zero-order valence-corrected chi connectivity index (χ0v) is 52.4. The van der Waals surface area contributed by atoms with Crippen molar-refractivity contribution in [1.82, 2.24) is 0 Å². The van der Waals surface area contributed by atoms with Crippen LogP contribution in [0.2, 0.25) is 0 Å². The topological polar surface area (TPSA) is 16.2 Å². The van der Waals surface area contributed by atoms with Gasteiger partial charge < -0.3 is 24.5 Å². The van der Waals surface area contributed by atoms with Gasteiger partial charge in [-0.2, -0.15) is 0 Å². The number of fused-ring (bicyclic) bond motifs is 8. The molecule has 0 aromatic heterocycles. The molecule has 12 aromatic rings. The van der Waals surface area contributed by atoms with Gasteiger partial charge in [0.1, 0.15) is 17.3 Å². The van der Waals surface area contributed by atoms with Crippen LogP contribution in [-0.4, -0.2) is 13.4 Å². The molecule has 0 saturated carbocycles. The van der Waals surface area contributed by atoms with E-state index in [1.807, 2.05) is 11.0 Å². The molecule has 0 atom stereocenters. The van der Waals surface area contributed by atoms with Gasteiger partial charge in [-0.3, -0.25) is 0 Å². The Morgan fingerprint density at radius 3 is 1.13 bits per heavy atom. The number of benzene rings is 12. The Kier molecular flexibility index (Phi) is 13.1. The summed E-state index contributed by atoms with van der Waals surface area (Å²) in [6.45, 7) is 16.9. The van der Waals surface area contributed by atoms with Crippen molar-refractivity contribution in [2.24, 2.45) is 0 Å². The molecule has 0 N–H and O–H groups in total. The summed E-state index contributed by atoms with van der Waals surface area (Å²) in [6.07, 6.45) is 0. The second-order valence-corrected chi connectivity index (χ2v) is 25.8. The van der Waals surface area contributed by atoms with Crippen molar-refractivity contribution in [2.45, 2.75) is 65.2 Å². The largest absolute Gasteiger partial charge is 0.311 e. The van der Waals surface area contributed by atoms with E-state index in [4.69, 9.17) is 0 Å². The van der Waals surface area contributed by atoms with Crippen LogP contribution >= 0.6 is 11.8 Å². The molecule has 10 heteroatoms. The lowest BCUT2D eigenvalue weighted by molar-refractivity contribution is 0.586. The third-order valence-electron chi connectivity index (χ3n) is 19.1. The zero-order chi connectivity index (χ0) is 61.4. The lowest BCUT2D eigenvalue weighted by atomic mass is 9.31. The first-order valence-electron chi connectivity index (χ1n) is 31.0. The van der Waals surface area contributed by atoms with Gasteiger partial charge in [0.15, 0.2) is 0 Å². The van der Waals surface area contributed by atoms with Crippen LogP contribution in [-0.2, 0) is 0 Å². The molecule has 0 amide bonds. The Hall–Kier alpha value is -10.0. The van der Waals surface area contributed by atoms with Crippen molar-refractivity contribution in [2.75, 3.05) is 24.5 Å². The highest BCUT2D eigenvalue weighted by molar-refractivity contribution is 8.00. The Labute approximate surface area is 531 Å². The summed E-state index contributed by atoms with van der Waals surface area (Å²) in [7, 11) is 0. The second-order valence-electron chi connectivity index (χ2n) is 24.7.